The maximum Gasteiger partial charge on any atom is 0.0673 e. The van der Waals surface area contributed by atoms with Crippen LogP contribution >= 0.6 is 11.3 Å². The molecular weight excluding hydrogens is 250 g/mol. The average Bonchev–Trinajstić information content (AvgIpc) is 2.86. The Morgan fingerprint density at radius 1 is 1.21 bits per heavy atom. The van der Waals surface area contributed by atoms with Crippen LogP contribution in [0.2, 0.25) is 0 Å². The Morgan fingerprint density at radius 2 is 2.05 bits per heavy atom. The minimum Gasteiger partial charge on any atom is -0.306 e. The molecule has 2 heteroatoms. The van der Waals surface area contributed by atoms with Crippen LogP contribution in [0.5, 0.6) is 0 Å². The first-order valence-corrected chi connectivity index (χ1v) is 8.00. The molecule has 2 aromatic rings. The fourth-order valence-corrected chi connectivity index (χ4v) is 3.35. The molecule has 0 aliphatic heterocycles. The summed E-state index contributed by atoms with van der Waals surface area (Å²) < 4.78 is 0. The monoisotopic (exact) mass is 273 g/mol. The summed E-state index contributed by atoms with van der Waals surface area (Å²) in [6.45, 7) is 7.69. The van der Waals surface area contributed by atoms with Crippen LogP contribution in [-0.2, 0) is 6.42 Å². The number of thiophene rings is 1. The molecule has 0 radical (unpaired) electrons. The minimum atomic E-state index is 0.339. The predicted molar refractivity (Wildman–Crippen MR) is 85.0 cm³/mol. The molecular formula is C17H23NS. The number of benzene rings is 1. The van der Waals surface area contributed by atoms with E-state index in [-0.39, 0.29) is 0 Å². The summed E-state index contributed by atoms with van der Waals surface area (Å²) in [5.74, 6) is 0. The van der Waals surface area contributed by atoms with Crippen molar-refractivity contribution < 1.29 is 0 Å². The molecule has 1 aromatic carbocycles. The van der Waals surface area contributed by atoms with Gasteiger partial charge < -0.3 is 5.32 Å². The fraction of sp³-hybridized carbons (Fsp3) is 0.412. The summed E-state index contributed by atoms with van der Waals surface area (Å²) in [5, 5.41) is 5.88. The molecule has 1 N–H and O–H groups in total. The Kier molecular flexibility index (Phi) is 5.17. The number of nitrogens with one attached hydrogen (secondary N) is 1. The highest BCUT2D eigenvalue weighted by molar-refractivity contribution is 7.10. The van der Waals surface area contributed by atoms with Crippen LogP contribution < -0.4 is 5.32 Å². The summed E-state index contributed by atoms with van der Waals surface area (Å²) in [5.41, 5.74) is 4.19. The van der Waals surface area contributed by atoms with E-state index in [1.807, 2.05) is 11.3 Å². The van der Waals surface area contributed by atoms with Crippen molar-refractivity contribution in [3.63, 3.8) is 0 Å². The van der Waals surface area contributed by atoms with Crippen LogP contribution in [0.3, 0.4) is 0 Å². The van der Waals surface area contributed by atoms with Gasteiger partial charge in [-0.1, -0.05) is 38.1 Å². The van der Waals surface area contributed by atoms with Crippen LogP contribution in [0.4, 0.5) is 0 Å². The van der Waals surface area contributed by atoms with E-state index >= 15 is 0 Å². The van der Waals surface area contributed by atoms with Gasteiger partial charge in [0, 0.05) is 4.88 Å². The largest absolute Gasteiger partial charge is 0.306 e. The van der Waals surface area contributed by atoms with E-state index in [0.717, 1.165) is 19.4 Å². The molecule has 19 heavy (non-hydrogen) atoms. The number of aryl methyl sites for hydroxylation is 2. The van der Waals surface area contributed by atoms with Gasteiger partial charge in [0.15, 0.2) is 0 Å². The zero-order valence-corrected chi connectivity index (χ0v) is 12.9. The first-order chi connectivity index (χ1) is 9.26. The predicted octanol–water partition coefficient (Wildman–Crippen LogP) is 4.71. The van der Waals surface area contributed by atoms with E-state index in [9.17, 15) is 0 Å². The van der Waals surface area contributed by atoms with Crippen LogP contribution in [0.15, 0.2) is 35.7 Å². The molecule has 0 saturated carbocycles. The summed E-state index contributed by atoms with van der Waals surface area (Å²) in [6.07, 6.45) is 2.26. The first kappa shape index (κ1) is 14.3. The Labute approximate surface area is 120 Å². The molecule has 1 nitrogen and oxygen atoms in total. The van der Waals surface area contributed by atoms with Gasteiger partial charge in [-0.05, 0) is 54.4 Å². The van der Waals surface area contributed by atoms with Crippen LogP contribution in [0.25, 0.3) is 0 Å². The molecule has 2 rings (SSSR count). The third-order valence-electron chi connectivity index (χ3n) is 3.45. The van der Waals surface area contributed by atoms with Crippen molar-refractivity contribution in [3.8, 4) is 0 Å². The molecule has 0 bridgehead atoms. The van der Waals surface area contributed by atoms with Gasteiger partial charge in [0.25, 0.3) is 0 Å². The van der Waals surface area contributed by atoms with Crippen LogP contribution in [0.1, 0.15) is 47.9 Å². The lowest BCUT2D eigenvalue weighted by molar-refractivity contribution is 0.603. The molecule has 1 heterocycles. The van der Waals surface area contributed by atoms with Gasteiger partial charge in [-0.2, -0.15) is 0 Å². The molecule has 0 spiro atoms. The highest BCUT2D eigenvalue weighted by Crippen LogP contribution is 2.29. The average molecular weight is 273 g/mol. The summed E-state index contributed by atoms with van der Waals surface area (Å²) in [4.78, 5) is 1.45. The number of hydrogen-bond donors (Lipinski definition) is 1. The maximum atomic E-state index is 3.69. The summed E-state index contributed by atoms with van der Waals surface area (Å²) in [7, 11) is 0. The molecule has 0 amide bonds. The minimum absolute atomic E-state index is 0.339. The van der Waals surface area contributed by atoms with E-state index in [1.165, 1.54) is 21.6 Å². The number of hydrogen-bond acceptors (Lipinski definition) is 2. The van der Waals surface area contributed by atoms with Gasteiger partial charge in [-0.25, -0.2) is 0 Å². The zero-order valence-electron chi connectivity index (χ0n) is 12.1. The second kappa shape index (κ2) is 6.88. The molecule has 0 aliphatic rings. The third kappa shape index (κ3) is 3.46. The SMILES string of the molecule is CCCNC(c1cccc(CC)c1)c1sccc1C. The lowest BCUT2D eigenvalue weighted by Gasteiger charge is -2.19. The molecule has 0 fully saturated rings. The van der Waals surface area contributed by atoms with E-state index in [2.05, 4.69) is 61.8 Å². The van der Waals surface area contributed by atoms with Crippen molar-refractivity contribution in [3.05, 3.63) is 57.3 Å². The Bertz CT molecular complexity index is 515. The van der Waals surface area contributed by atoms with E-state index in [1.54, 1.807) is 0 Å². The first-order valence-electron chi connectivity index (χ1n) is 7.12. The van der Waals surface area contributed by atoms with Gasteiger partial charge >= 0.3 is 0 Å². The Balaban J connectivity index is 2.34. The van der Waals surface area contributed by atoms with Crippen molar-refractivity contribution in [1.82, 2.24) is 5.32 Å². The van der Waals surface area contributed by atoms with E-state index in [4.69, 9.17) is 0 Å². The van der Waals surface area contributed by atoms with Crippen molar-refractivity contribution in [2.75, 3.05) is 6.54 Å². The van der Waals surface area contributed by atoms with Gasteiger partial charge in [-0.15, -0.1) is 11.3 Å². The molecule has 1 unspecified atom stereocenters. The highest BCUT2D eigenvalue weighted by atomic mass is 32.1. The topological polar surface area (TPSA) is 12.0 Å². The molecule has 0 aliphatic carbocycles. The lowest BCUT2D eigenvalue weighted by atomic mass is 10.00. The molecule has 102 valence electrons. The second-order valence-electron chi connectivity index (χ2n) is 4.95. The Morgan fingerprint density at radius 3 is 2.68 bits per heavy atom. The maximum absolute atomic E-state index is 3.69. The quantitative estimate of drug-likeness (QED) is 0.804. The zero-order chi connectivity index (χ0) is 13.7. The van der Waals surface area contributed by atoms with Gasteiger partial charge in [0.1, 0.15) is 0 Å². The molecule has 1 atom stereocenters. The van der Waals surface area contributed by atoms with Crippen molar-refractivity contribution >= 4 is 11.3 Å². The second-order valence-corrected chi connectivity index (χ2v) is 5.90. The van der Waals surface area contributed by atoms with Crippen molar-refractivity contribution in [2.45, 2.75) is 39.7 Å². The van der Waals surface area contributed by atoms with Crippen LogP contribution in [0, 0.1) is 6.92 Å². The number of rotatable bonds is 6. The standard InChI is InChI=1S/C17H23NS/c1-4-10-18-16(17-13(3)9-11-19-17)15-8-6-7-14(5-2)12-15/h6-9,11-12,16,18H,4-5,10H2,1-3H3. The summed E-state index contributed by atoms with van der Waals surface area (Å²) in [6, 6.07) is 11.5. The van der Waals surface area contributed by atoms with E-state index < -0.39 is 0 Å². The van der Waals surface area contributed by atoms with Crippen molar-refractivity contribution in [2.24, 2.45) is 0 Å². The van der Waals surface area contributed by atoms with Gasteiger partial charge in [0.2, 0.25) is 0 Å². The van der Waals surface area contributed by atoms with Gasteiger partial charge in [-0.3, -0.25) is 0 Å². The fourth-order valence-electron chi connectivity index (χ4n) is 2.32. The van der Waals surface area contributed by atoms with E-state index in [0.29, 0.717) is 6.04 Å². The van der Waals surface area contributed by atoms with Crippen LogP contribution in [-0.4, -0.2) is 6.54 Å². The molecule has 1 aromatic heterocycles. The van der Waals surface area contributed by atoms with Gasteiger partial charge in [0.05, 0.1) is 6.04 Å². The normalized spacial score (nSPS) is 12.6. The lowest BCUT2D eigenvalue weighted by Crippen LogP contribution is -2.23. The highest BCUT2D eigenvalue weighted by Gasteiger charge is 2.16. The smallest absolute Gasteiger partial charge is 0.0673 e. The van der Waals surface area contributed by atoms with Crippen molar-refractivity contribution in [1.29, 1.82) is 0 Å². The third-order valence-corrected chi connectivity index (χ3v) is 4.54. The Hall–Kier alpha value is -1.12. The molecule has 0 saturated heterocycles. The summed E-state index contributed by atoms with van der Waals surface area (Å²) >= 11 is 1.85.